The molecule has 5 nitrogen and oxygen atoms in total. The number of benzene rings is 1. The second kappa shape index (κ2) is 8.40. The first-order valence-corrected chi connectivity index (χ1v) is 8.59. The van der Waals surface area contributed by atoms with Gasteiger partial charge in [-0.1, -0.05) is 37.6 Å². The van der Waals surface area contributed by atoms with E-state index in [4.69, 9.17) is 0 Å². The van der Waals surface area contributed by atoms with Gasteiger partial charge in [-0.05, 0) is 36.4 Å². The Morgan fingerprint density at radius 2 is 2.00 bits per heavy atom. The van der Waals surface area contributed by atoms with E-state index in [0.29, 0.717) is 5.56 Å². The summed E-state index contributed by atoms with van der Waals surface area (Å²) in [5.41, 5.74) is 4.02. The van der Waals surface area contributed by atoms with Gasteiger partial charge in [-0.15, -0.1) is 11.3 Å². The first-order chi connectivity index (χ1) is 11.5. The van der Waals surface area contributed by atoms with Crippen LogP contribution in [0.2, 0.25) is 0 Å². The zero-order valence-corrected chi connectivity index (χ0v) is 14.8. The third kappa shape index (κ3) is 5.03. The molecule has 0 saturated heterocycles. The molecular formula is C18H21N3O2S. The van der Waals surface area contributed by atoms with Crippen LogP contribution in [0, 0.1) is 12.8 Å². The largest absolute Gasteiger partial charge is 0.340 e. The van der Waals surface area contributed by atoms with E-state index in [1.807, 2.05) is 50.4 Å². The van der Waals surface area contributed by atoms with Crippen LogP contribution in [0.1, 0.15) is 34.6 Å². The summed E-state index contributed by atoms with van der Waals surface area (Å²) < 4.78 is 0. The average Bonchev–Trinajstić information content (AvgIpc) is 3.05. The Bertz CT molecular complexity index is 724. The molecule has 0 aliphatic carbocycles. The lowest BCUT2D eigenvalue weighted by molar-refractivity contribution is -0.123. The molecule has 1 aromatic carbocycles. The van der Waals surface area contributed by atoms with E-state index in [1.54, 1.807) is 18.3 Å². The molecule has 2 N–H and O–H groups in total. The van der Waals surface area contributed by atoms with E-state index in [0.717, 1.165) is 10.4 Å². The summed E-state index contributed by atoms with van der Waals surface area (Å²) in [5, 5.41) is 8.66. The zero-order chi connectivity index (χ0) is 17.5. The highest BCUT2D eigenvalue weighted by Crippen LogP contribution is 2.08. The van der Waals surface area contributed by atoms with E-state index < -0.39 is 6.04 Å². The fraction of sp³-hybridized carbons (Fsp3) is 0.278. The Balaban J connectivity index is 2.00. The summed E-state index contributed by atoms with van der Waals surface area (Å²) in [5.74, 6) is -0.663. The van der Waals surface area contributed by atoms with Crippen LogP contribution in [-0.2, 0) is 4.79 Å². The highest BCUT2D eigenvalue weighted by molar-refractivity contribution is 7.11. The highest BCUT2D eigenvalue weighted by atomic mass is 32.1. The lowest BCUT2D eigenvalue weighted by Gasteiger charge is -2.20. The van der Waals surface area contributed by atoms with Crippen molar-refractivity contribution in [2.45, 2.75) is 26.8 Å². The van der Waals surface area contributed by atoms with Crippen molar-refractivity contribution in [2.75, 3.05) is 0 Å². The van der Waals surface area contributed by atoms with Crippen LogP contribution in [0.3, 0.4) is 0 Å². The van der Waals surface area contributed by atoms with Crippen LogP contribution >= 0.6 is 11.3 Å². The number of carbonyl (C=O) groups excluding carboxylic acids is 2. The highest BCUT2D eigenvalue weighted by Gasteiger charge is 2.24. The Hall–Kier alpha value is -2.47. The molecule has 126 valence electrons. The third-order valence-corrected chi connectivity index (χ3v) is 4.23. The molecule has 1 atom stereocenters. The number of hydrazone groups is 1. The molecule has 2 amide bonds. The minimum atomic E-state index is -0.654. The Morgan fingerprint density at radius 1 is 1.21 bits per heavy atom. The number of aryl methyl sites for hydroxylation is 1. The number of thiophene rings is 1. The normalized spacial score (nSPS) is 12.3. The van der Waals surface area contributed by atoms with Crippen molar-refractivity contribution in [1.29, 1.82) is 0 Å². The lowest BCUT2D eigenvalue weighted by atomic mass is 10.0. The van der Waals surface area contributed by atoms with E-state index in [1.165, 1.54) is 11.3 Å². The zero-order valence-electron chi connectivity index (χ0n) is 13.9. The van der Waals surface area contributed by atoms with Crippen LogP contribution in [-0.4, -0.2) is 24.1 Å². The summed E-state index contributed by atoms with van der Waals surface area (Å²) in [6, 6.07) is 10.4. The van der Waals surface area contributed by atoms with Gasteiger partial charge >= 0.3 is 0 Å². The molecule has 0 unspecified atom stereocenters. The van der Waals surface area contributed by atoms with Crippen LogP contribution in [0.15, 0.2) is 46.9 Å². The molecule has 2 rings (SSSR count). The van der Waals surface area contributed by atoms with Crippen molar-refractivity contribution in [3.63, 3.8) is 0 Å². The molecule has 0 aliphatic heterocycles. The average molecular weight is 343 g/mol. The van der Waals surface area contributed by atoms with E-state index in [2.05, 4.69) is 15.8 Å². The number of carbonyl (C=O) groups is 2. The van der Waals surface area contributed by atoms with Gasteiger partial charge in [0.25, 0.3) is 11.8 Å². The standard InChI is InChI=1S/C18H21N3O2S/c1-12(2)16(18(23)21-19-11-15-8-5-9-24-15)20-17(22)14-7-4-6-13(3)10-14/h4-12,16H,1-3H3,(H,20,22)(H,21,23)/b19-11-/t16-/m1/s1. The van der Waals surface area contributed by atoms with Crippen LogP contribution in [0.5, 0.6) is 0 Å². The summed E-state index contributed by atoms with van der Waals surface area (Å²) in [6.45, 7) is 5.68. The molecule has 0 radical (unpaired) electrons. The molecule has 1 heterocycles. The predicted octanol–water partition coefficient (Wildman–Crippen LogP) is 2.96. The molecular weight excluding hydrogens is 322 g/mol. The minimum Gasteiger partial charge on any atom is -0.340 e. The van der Waals surface area contributed by atoms with Gasteiger partial charge in [0.2, 0.25) is 0 Å². The topological polar surface area (TPSA) is 70.6 Å². The van der Waals surface area contributed by atoms with Gasteiger partial charge in [0.1, 0.15) is 6.04 Å². The number of nitrogens with one attached hydrogen (secondary N) is 2. The lowest BCUT2D eigenvalue weighted by Crippen LogP contribution is -2.48. The van der Waals surface area contributed by atoms with Crippen LogP contribution in [0.25, 0.3) is 0 Å². The van der Waals surface area contributed by atoms with Gasteiger partial charge in [0.05, 0.1) is 6.21 Å². The SMILES string of the molecule is Cc1cccc(C(=O)N[C@@H](C(=O)N/N=C\c2cccs2)C(C)C)c1. The first-order valence-electron chi connectivity index (χ1n) is 7.71. The van der Waals surface area contributed by atoms with Crippen molar-refractivity contribution in [2.24, 2.45) is 11.0 Å². The van der Waals surface area contributed by atoms with Crippen molar-refractivity contribution in [3.8, 4) is 0 Å². The van der Waals surface area contributed by atoms with Crippen LogP contribution < -0.4 is 10.7 Å². The van der Waals surface area contributed by atoms with Crippen molar-refractivity contribution in [1.82, 2.24) is 10.7 Å². The molecule has 0 aliphatic rings. The molecule has 0 bridgehead atoms. The number of amides is 2. The Labute approximate surface area is 145 Å². The minimum absolute atomic E-state index is 0.0595. The van der Waals surface area contributed by atoms with Gasteiger partial charge in [0.15, 0.2) is 0 Å². The van der Waals surface area contributed by atoms with Crippen molar-refractivity contribution in [3.05, 3.63) is 57.8 Å². The fourth-order valence-corrected chi connectivity index (χ4v) is 2.72. The van der Waals surface area contributed by atoms with Crippen molar-refractivity contribution < 1.29 is 9.59 Å². The second-order valence-corrected chi connectivity index (χ2v) is 6.79. The van der Waals surface area contributed by atoms with E-state index >= 15 is 0 Å². The molecule has 24 heavy (non-hydrogen) atoms. The van der Waals surface area contributed by atoms with Crippen LogP contribution in [0.4, 0.5) is 0 Å². The van der Waals surface area contributed by atoms with Gasteiger partial charge in [-0.2, -0.15) is 5.10 Å². The molecule has 6 heteroatoms. The molecule has 0 fully saturated rings. The number of nitrogens with zero attached hydrogens (tertiary/aromatic N) is 1. The van der Waals surface area contributed by atoms with Crippen molar-refractivity contribution >= 4 is 29.4 Å². The first kappa shape index (κ1) is 17.9. The molecule has 1 aromatic heterocycles. The Morgan fingerprint density at radius 3 is 2.62 bits per heavy atom. The summed E-state index contributed by atoms with van der Waals surface area (Å²) >= 11 is 1.53. The summed E-state index contributed by atoms with van der Waals surface area (Å²) in [4.78, 5) is 25.6. The van der Waals surface area contributed by atoms with E-state index in [9.17, 15) is 9.59 Å². The molecule has 0 saturated carbocycles. The summed E-state index contributed by atoms with van der Waals surface area (Å²) in [7, 11) is 0. The smallest absolute Gasteiger partial charge is 0.262 e. The molecule has 0 spiro atoms. The number of hydrogen-bond donors (Lipinski definition) is 2. The maximum Gasteiger partial charge on any atom is 0.262 e. The van der Waals surface area contributed by atoms with Gasteiger partial charge < -0.3 is 5.32 Å². The second-order valence-electron chi connectivity index (χ2n) is 5.81. The van der Waals surface area contributed by atoms with Gasteiger partial charge in [-0.25, -0.2) is 5.43 Å². The maximum absolute atomic E-state index is 12.3. The third-order valence-electron chi connectivity index (χ3n) is 3.43. The summed E-state index contributed by atoms with van der Waals surface area (Å²) in [6.07, 6.45) is 1.59. The quantitative estimate of drug-likeness (QED) is 0.625. The number of rotatable bonds is 6. The van der Waals surface area contributed by atoms with Gasteiger partial charge in [0, 0.05) is 10.4 Å². The van der Waals surface area contributed by atoms with E-state index in [-0.39, 0.29) is 17.7 Å². The molecule has 2 aromatic rings. The number of hydrogen-bond acceptors (Lipinski definition) is 4. The maximum atomic E-state index is 12.3. The fourth-order valence-electron chi connectivity index (χ4n) is 2.14. The monoisotopic (exact) mass is 343 g/mol. The predicted molar refractivity (Wildman–Crippen MR) is 97.3 cm³/mol. The Kier molecular flexibility index (Phi) is 6.26. The van der Waals surface area contributed by atoms with Gasteiger partial charge in [-0.3, -0.25) is 9.59 Å².